The first-order valence-electron chi connectivity index (χ1n) is 8.25. The van der Waals surface area contributed by atoms with Crippen LogP contribution in [0.2, 0.25) is 0 Å². The van der Waals surface area contributed by atoms with Crippen LogP contribution < -0.4 is 16.3 Å². The molecule has 0 aliphatic carbocycles. The highest BCUT2D eigenvalue weighted by molar-refractivity contribution is 6.58. The average Bonchev–Trinajstić information content (AvgIpc) is 2.64. The Labute approximate surface area is 152 Å². The van der Waals surface area contributed by atoms with Gasteiger partial charge in [-0.05, 0) is 30.9 Å². The maximum atomic E-state index is 12.4. The van der Waals surface area contributed by atoms with E-state index in [0.29, 0.717) is 12.2 Å². The highest BCUT2D eigenvalue weighted by Gasteiger charge is 2.21. The van der Waals surface area contributed by atoms with Crippen LogP contribution in [0, 0.1) is 5.92 Å². The highest BCUT2D eigenvalue weighted by atomic mass is 16.7. The number of nitrogens with one attached hydrogen (secondary N) is 2. The van der Waals surface area contributed by atoms with Crippen molar-refractivity contribution in [3.8, 4) is 0 Å². The van der Waals surface area contributed by atoms with Gasteiger partial charge in [-0.2, -0.15) is 0 Å². The van der Waals surface area contributed by atoms with Crippen LogP contribution in [-0.2, 0) is 14.3 Å². The van der Waals surface area contributed by atoms with Gasteiger partial charge < -0.3 is 24.8 Å². The van der Waals surface area contributed by atoms with Crippen molar-refractivity contribution in [1.29, 1.82) is 0 Å². The van der Waals surface area contributed by atoms with Gasteiger partial charge >= 0.3 is 7.12 Å². The minimum Gasteiger partial charge on any atom is -0.423 e. The van der Waals surface area contributed by atoms with Gasteiger partial charge in [0.25, 0.3) is 5.91 Å². The van der Waals surface area contributed by atoms with Crippen LogP contribution in [0.4, 0.5) is 0 Å². The fraction of sp³-hybridized carbons (Fsp3) is 0.500. The molecule has 5 N–H and O–H groups in total. The van der Waals surface area contributed by atoms with E-state index in [2.05, 4.69) is 5.32 Å². The summed E-state index contributed by atoms with van der Waals surface area (Å²) in [5.74, 6) is -1.51. The topological polar surface area (TPSA) is 137 Å². The third-order valence-corrected chi connectivity index (χ3v) is 3.69. The fourth-order valence-corrected chi connectivity index (χ4v) is 2.22. The quantitative estimate of drug-likeness (QED) is 0.111. The van der Waals surface area contributed by atoms with Crippen molar-refractivity contribution < 1.29 is 34.3 Å². The zero-order valence-electron chi connectivity index (χ0n) is 14.8. The SMILES string of the molecule is CCOCOCC(CC(C)C(=O)NO)NC(=O)c1ccc(B(O)O)cc1. The molecule has 10 heteroatoms. The molecule has 1 aromatic rings. The molecular formula is C16H25BN2O7. The summed E-state index contributed by atoms with van der Waals surface area (Å²) in [4.78, 5) is 23.9. The van der Waals surface area contributed by atoms with Crippen LogP contribution >= 0.6 is 0 Å². The van der Waals surface area contributed by atoms with Gasteiger partial charge in [0.15, 0.2) is 0 Å². The fourth-order valence-electron chi connectivity index (χ4n) is 2.22. The van der Waals surface area contributed by atoms with Crippen LogP contribution in [0.5, 0.6) is 0 Å². The van der Waals surface area contributed by atoms with E-state index in [1.807, 2.05) is 6.92 Å². The minimum absolute atomic E-state index is 0.0620. The van der Waals surface area contributed by atoms with Gasteiger partial charge in [0.2, 0.25) is 5.91 Å². The standard InChI is InChI=1S/C16H25BN2O7/c1-3-25-10-26-9-14(8-11(2)15(20)19-24)18-16(21)12-4-6-13(7-5-12)17(22)23/h4-7,11,14,22-24H,3,8-10H2,1-2H3,(H,18,21)(H,19,20). The van der Waals surface area contributed by atoms with Crippen molar-refractivity contribution in [3.05, 3.63) is 29.8 Å². The molecule has 0 saturated heterocycles. The van der Waals surface area contributed by atoms with Crippen molar-refractivity contribution in [2.75, 3.05) is 20.0 Å². The molecule has 0 aliphatic rings. The summed E-state index contributed by atoms with van der Waals surface area (Å²) in [7, 11) is -1.61. The maximum absolute atomic E-state index is 12.4. The molecule has 0 radical (unpaired) electrons. The van der Waals surface area contributed by atoms with Gasteiger partial charge in [-0.25, -0.2) is 5.48 Å². The van der Waals surface area contributed by atoms with Gasteiger partial charge in [-0.15, -0.1) is 0 Å². The Kier molecular flexibility index (Phi) is 9.85. The van der Waals surface area contributed by atoms with E-state index in [9.17, 15) is 9.59 Å². The monoisotopic (exact) mass is 368 g/mol. The molecule has 2 unspecified atom stereocenters. The van der Waals surface area contributed by atoms with Gasteiger partial charge in [0.1, 0.15) is 6.79 Å². The normalized spacial score (nSPS) is 13.0. The first-order valence-corrected chi connectivity index (χ1v) is 8.25. The van der Waals surface area contributed by atoms with E-state index in [1.54, 1.807) is 12.4 Å². The lowest BCUT2D eigenvalue weighted by atomic mass is 9.80. The Morgan fingerprint density at radius 2 is 1.85 bits per heavy atom. The molecular weight excluding hydrogens is 343 g/mol. The number of carbonyl (C=O) groups excluding carboxylic acids is 2. The first kappa shape index (κ1) is 22.1. The summed E-state index contributed by atoms with van der Waals surface area (Å²) in [5, 5.41) is 29.6. The molecule has 0 aliphatic heterocycles. The lowest BCUT2D eigenvalue weighted by Crippen LogP contribution is -2.41. The second kappa shape index (κ2) is 11.6. The van der Waals surface area contributed by atoms with Crippen molar-refractivity contribution >= 4 is 24.4 Å². The van der Waals surface area contributed by atoms with Crippen LogP contribution in [0.3, 0.4) is 0 Å². The molecule has 0 spiro atoms. The number of hydrogen-bond acceptors (Lipinski definition) is 7. The minimum atomic E-state index is -1.61. The Hall–Kier alpha value is -1.98. The summed E-state index contributed by atoms with van der Waals surface area (Å²) in [5.41, 5.74) is 2.18. The van der Waals surface area contributed by atoms with E-state index in [4.69, 9.17) is 24.7 Å². The van der Waals surface area contributed by atoms with Crippen molar-refractivity contribution in [3.63, 3.8) is 0 Å². The molecule has 0 heterocycles. The molecule has 144 valence electrons. The zero-order valence-corrected chi connectivity index (χ0v) is 14.8. The molecule has 0 aromatic heterocycles. The largest absolute Gasteiger partial charge is 0.488 e. The van der Waals surface area contributed by atoms with Crippen molar-refractivity contribution in [2.24, 2.45) is 5.92 Å². The lowest BCUT2D eigenvalue weighted by molar-refractivity contribution is -0.133. The van der Waals surface area contributed by atoms with Gasteiger partial charge in [0.05, 0.1) is 12.6 Å². The molecule has 1 aromatic carbocycles. The smallest absolute Gasteiger partial charge is 0.423 e. The van der Waals surface area contributed by atoms with Gasteiger partial charge in [0, 0.05) is 18.1 Å². The second-order valence-corrected chi connectivity index (χ2v) is 5.76. The molecule has 0 bridgehead atoms. The predicted molar refractivity (Wildman–Crippen MR) is 93.7 cm³/mol. The van der Waals surface area contributed by atoms with E-state index in [-0.39, 0.29) is 25.3 Å². The van der Waals surface area contributed by atoms with E-state index >= 15 is 0 Å². The summed E-state index contributed by atoms with van der Waals surface area (Å²) in [6.45, 7) is 4.12. The van der Waals surface area contributed by atoms with Gasteiger partial charge in [-0.3, -0.25) is 14.8 Å². The number of rotatable bonds is 11. The van der Waals surface area contributed by atoms with Crippen LogP contribution in [-0.4, -0.2) is 60.2 Å². The number of carbonyl (C=O) groups is 2. The van der Waals surface area contributed by atoms with Crippen LogP contribution in [0.25, 0.3) is 0 Å². The molecule has 2 atom stereocenters. The summed E-state index contributed by atoms with van der Waals surface area (Å²) < 4.78 is 10.4. The number of benzene rings is 1. The lowest BCUT2D eigenvalue weighted by Gasteiger charge is -2.21. The number of hydroxylamine groups is 1. The summed E-state index contributed by atoms with van der Waals surface area (Å²) >= 11 is 0. The third-order valence-electron chi connectivity index (χ3n) is 3.69. The first-order chi connectivity index (χ1) is 12.4. The van der Waals surface area contributed by atoms with E-state index in [0.717, 1.165) is 0 Å². The predicted octanol–water partition coefficient (Wildman–Crippen LogP) is -0.993. The second-order valence-electron chi connectivity index (χ2n) is 5.76. The van der Waals surface area contributed by atoms with Crippen LogP contribution in [0.15, 0.2) is 24.3 Å². The molecule has 0 saturated carbocycles. The molecule has 9 nitrogen and oxygen atoms in total. The molecule has 1 rings (SSSR count). The van der Waals surface area contributed by atoms with Crippen molar-refractivity contribution in [1.82, 2.24) is 10.8 Å². The summed E-state index contributed by atoms with van der Waals surface area (Å²) in [6.07, 6.45) is 0.248. The molecule has 0 fully saturated rings. The Bertz CT molecular complexity index is 568. The number of ether oxygens (including phenoxy) is 2. The Morgan fingerprint density at radius 1 is 1.19 bits per heavy atom. The third kappa shape index (κ3) is 7.50. The number of amides is 2. The maximum Gasteiger partial charge on any atom is 0.488 e. The molecule has 26 heavy (non-hydrogen) atoms. The zero-order chi connectivity index (χ0) is 19.5. The Morgan fingerprint density at radius 3 is 2.38 bits per heavy atom. The van der Waals surface area contributed by atoms with E-state index < -0.39 is 30.9 Å². The van der Waals surface area contributed by atoms with Gasteiger partial charge in [-0.1, -0.05) is 19.1 Å². The van der Waals surface area contributed by atoms with E-state index in [1.165, 1.54) is 24.3 Å². The average molecular weight is 368 g/mol. The summed E-state index contributed by atoms with van der Waals surface area (Å²) in [6, 6.07) is 5.31. The number of hydrogen-bond donors (Lipinski definition) is 5. The molecule has 2 amide bonds. The highest BCUT2D eigenvalue weighted by Crippen LogP contribution is 2.09. The Balaban J connectivity index is 2.71. The van der Waals surface area contributed by atoms with Crippen molar-refractivity contribution in [2.45, 2.75) is 26.3 Å². The van der Waals surface area contributed by atoms with Crippen LogP contribution in [0.1, 0.15) is 30.6 Å².